The minimum atomic E-state index is -0.546. The van der Waals surface area contributed by atoms with E-state index in [1.54, 1.807) is 19.1 Å². The molecule has 1 aromatic rings. The van der Waals surface area contributed by atoms with E-state index in [9.17, 15) is 5.11 Å². The van der Waals surface area contributed by atoms with Gasteiger partial charge >= 0.3 is 0 Å². The maximum atomic E-state index is 9.26. The van der Waals surface area contributed by atoms with E-state index in [0.717, 1.165) is 0 Å². The van der Waals surface area contributed by atoms with E-state index >= 15 is 0 Å². The summed E-state index contributed by atoms with van der Waals surface area (Å²) in [5.74, 6) is 0.563. The molecule has 0 spiro atoms. The largest absolute Gasteiger partial charge is 0.475 e. The molecule has 0 aromatic carbocycles. The maximum absolute atomic E-state index is 9.26. The summed E-state index contributed by atoms with van der Waals surface area (Å²) in [6.45, 7) is 5.56. The van der Waals surface area contributed by atoms with Crippen molar-refractivity contribution in [2.24, 2.45) is 0 Å². The first-order chi connectivity index (χ1) is 6.09. The predicted octanol–water partition coefficient (Wildman–Crippen LogP) is 1.92. The average Bonchev–Trinajstić information content (AvgIpc) is 2.03. The molecule has 0 aliphatic rings. The van der Waals surface area contributed by atoms with Crippen LogP contribution in [0.25, 0.3) is 0 Å². The molecule has 0 aliphatic carbocycles. The highest BCUT2D eigenvalue weighted by atomic mass is 16.5. The van der Waals surface area contributed by atoms with Gasteiger partial charge in [0, 0.05) is 6.07 Å². The summed E-state index contributed by atoms with van der Waals surface area (Å²) in [7, 11) is 0. The normalized spacial score (nSPS) is 13.0. The first kappa shape index (κ1) is 9.99. The van der Waals surface area contributed by atoms with Crippen LogP contribution in [0.1, 0.15) is 32.6 Å². The monoisotopic (exact) mass is 181 g/mol. The Labute approximate surface area is 78.4 Å². The van der Waals surface area contributed by atoms with Crippen molar-refractivity contribution in [3.8, 4) is 5.88 Å². The second-order valence-corrected chi connectivity index (χ2v) is 3.24. The summed E-state index contributed by atoms with van der Waals surface area (Å²) in [6.07, 6.45) is -0.438. The number of rotatable bonds is 3. The van der Waals surface area contributed by atoms with Crippen LogP contribution in [-0.4, -0.2) is 16.2 Å². The number of nitrogens with zero attached hydrogens (tertiary/aromatic N) is 1. The van der Waals surface area contributed by atoms with E-state index in [-0.39, 0.29) is 6.10 Å². The zero-order chi connectivity index (χ0) is 9.84. The molecule has 0 saturated heterocycles. The summed E-state index contributed by atoms with van der Waals surface area (Å²) < 4.78 is 5.38. The van der Waals surface area contributed by atoms with Crippen LogP contribution in [0.2, 0.25) is 0 Å². The lowest BCUT2D eigenvalue weighted by molar-refractivity contribution is 0.188. The molecule has 1 N–H and O–H groups in total. The fourth-order valence-corrected chi connectivity index (χ4v) is 0.971. The number of aliphatic hydroxyl groups excluding tert-OH is 1. The van der Waals surface area contributed by atoms with Crippen molar-refractivity contribution in [1.29, 1.82) is 0 Å². The molecule has 0 saturated carbocycles. The van der Waals surface area contributed by atoms with Crippen molar-refractivity contribution >= 4 is 0 Å². The van der Waals surface area contributed by atoms with Crippen LogP contribution in [-0.2, 0) is 0 Å². The van der Waals surface area contributed by atoms with Crippen LogP contribution in [0.3, 0.4) is 0 Å². The number of ether oxygens (including phenoxy) is 1. The molecular formula is C10H15NO2. The smallest absolute Gasteiger partial charge is 0.213 e. The number of aromatic nitrogens is 1. The highest BCUT2D eigenvalue weighted by Crippen LogP contribution is 2.14. The molecule has 1 unspecified atom stereocenters. The molecule has 1 atom stereocenters. The zero-order valence-corrected chi connectivity index (χ0v) is 8.19. The Bertz CT molecular complexity index is 271. The van der Waals surface area contributed by atoms with E-state index in [4.69, 9.17) is 4.74 Å². The predicted molar refractivity (Wildman–Crippen MR) is 50.6 cm³/mol. The fourth-order valence-electron chi connectivity index (χ4n) is 0.971. The van der Waals surface area contributed by atoms with Gasteiger partial charge in [0.05, 0.1) is 17.9 Å². The first-order valence-corrected chi connectivity index (χ1v) is 4.41. The molecule has 3 nitrogen and oxygen atoms in total. The molecule has 3 heteroatoms. The van der Waals surface area contributed by atoms with E-state index in [2.05, 4.69) is 4.98 Å². The fraction of sp³-hybridized carbons (Fsp3) is 0.500. The molecule has 72 valence electrons. The van der Waals surface area contributed by atoms with Gasteiger partial charge in [0.15, 0.2) is 0 Å². The van der Waals surface area contributed by atoms with Gasteiger partial charge in [-0.3, -0.25) is 0 Å². The Kier molecular flexibility index (Phi) is 3.25. The average molecular weight is 181 g/mol. The van der Waals surface area contributed by atoms with Crippen LogP contribution in [0.5, 0.6) is 5.88 Å². The summed E-state index contributed by atoms with van der Waals surface area (Å²) in [5, 5.41) is 9.26. The van der Waals surface area contributed by atoms with Crippen molar-refractivity contribution in [3.63, 3.8) is 0 Å². The van der Waals surface area contributed by atoms with Crippen LogP contribution >= 0.6 is 0 Å². The van der Waals surface area contributed by atoms with E-state index in [0.29, 0.717) is 11.6 Å². The quantitative estimate of drug-likeness (QED) is 0.774. The molecule has 0 amide bonds. The standard InChI is InChI=1S/C10H15NO2/c1-7(2)13-10-6-4-5-9(11-10)8(3)12/h4-8,12H,1-3H3. The molecule has 1 rings (SSSR count). The van der Waals surface area contributed by atoms with Crippen molar-refractivity contribution in [3.05, 3.63) is 23.9 Å². The summed E-state index contributed by atoms with van der Waals surface area (Å²) in [5.41, 5.74) is 0.637. The van der Waals surface area contributed by atoms with Gasteiger partial charge in [-0.15, -0.1) is 0 Å². The molecule has 1 heterocycles. The Morgan fingerprint density at radius 3 is 2.54 bits per heavy atom. The van der Waals surface area contributed by atoms with Gasteiger partial charge in [-0.25, -0.2) is 4.98 Å². The molecule has 0 radical (unpaired) electrons. The highest BCUT2D eigenvalue weighted by molar-refractivity contribution is 5.17. The Morgan fingerprint density at radius 2 is 2.00 bits per heavy atom. The third kappa shape index (κ3) is 3.03. The maximum Gasteiger partial charge on any atom is 0.213 e. The number of aliphatic hydroxyl groups is 1. The first-order valence-electron chi connectivity index (χ1n) is 4.41. The Balaban J connectivity index is 2.79. The van der Waals surface area contributed by atoms with E-state index in [1.807, 2.05) is 19.9 Å². The molecule has 13 heavy (non-hydrogen) atoms. The highest BCUT2D eigenvalue weighted by Gasteiger charge is 2.04. The molecule has 0 bridgehead atoms. The molecular weight excluding hydrogens is 166 g/mol. The second-order valence-electron chi connectivity index (χ2n) is 3.24. The minimum absolute atomic E-state index is 0.108. The second kappa shape index (κ2) is 4.23. The van der Waals surface area contributed by atoms with Crippen LogP contribution in [0, 0.1) is 0 Å². The lowest BCUT2D eigenvalue weighted by Gasteiger charge is -2.10. The van der Waals surface area contributed by atoms with E-state index < -0.39 is 6.10 Å². The van der Waals surface area contributed by atoms with Gasteiger partial charge in [0.1, 0.15) is 0 Å². The van der Waals surface area contributed by atoms with Gasteiger partial charge in [0.2, 0.25) is 5.88 Å². The lowest BCUT2D eigenvalue weighted by atomic mass is 10.2. The minimum Gasteiger partial charge on any atom is -0.475 e. The number of pyridine rings is 1. The Hall–Kier alpha value is -1.09. The SMILES string of the molecule is CC(C)Oc1cccc(C(C)O)n1. The van der Waals surface area contributed by atoms with Crippen molar-refractivity contribution < 1.29 is 9.84 Å². The number of hydrogen-bond acceptors (Lipinski definition) is 3. The van der Waals surface area contributed by atoms with Crippen LogP contribution in [0.4, 0.5) is 0 Å². The van der Waals surface area contributed by atoms with E-state index in [1.165, 1.54) is 0 Å². The summed E-state index contributed by atoms with van der Waals surface area (Å²) in [4.78, 5) is 4.14. The van der Waals surface area contributed by atoms with Gasteiger partial charge in [-0.1, -0.05) is 6.07 Å². The Morgan fingerprint density at radius 1 is 1.31 bits per heavy atom. The van der Waals surface area contributed by atoms with Gasteiger partial charge in [0.25, 0.3) is 0 Å². The van der Waals surface area contributed by atoms with Crippen molar-refractivity contribution in [1.82, 2.24) is 4.98 Å². The third-order valence-electron chi connectivity index (χ3n) is 1.53. The van der Waals surface area contributed by atoms with Crippen molar-refractivity contribution in [2.75, 3.05) is 0 Å². The summed E-state index contributed by atoms with van der Waals surface area (Å²) in [6, 6.07) is 5.39. The molecule has 0 fully saturated rings. The topological polar surface area (TPSA) is 42.4 Å². The van der Waals surface area contributed by atoms with Gasteiger partial charge in [-0.05, 0) is 26.8 Å². The molecule has 0 aliphatic heterocycles. The lowest BCUT2D eigenvalue weighted by Crippen LogP contribution is -2.08. The summed E-state index contributed by atoms with van der Waals surface area (Å²) >= 11 is 0. The van der Waals surface area contributed by atoms with Gasteiger partial charge in [-0.2, -0.15) is 0 Å². The molecule has 1 aromatic heterocycles. The van der Waals surface area contributed by atoms with Crippen LogP contribution < -0.4 is 4.74 Å². The van der Waals surface area contributed by atoms with Gasteiger partial charge < -0.3 is 9.84 Å². The number of hydrogen-bond donors (Lipinski definition) is 1. The third-order valence-corrected chi connectivity index (χ3v) is 1.53. The van der Waals surface area contributed by atoms with Crippen molar-refractivity contribution in [2.45, 2.75) is 33.0 Å². The zero-order valence-electron chi connectivity index (χ0n) is 8.19. The van der Waals surface area contributed by atoms with Crippen LogP contribution in [0.15, 0.2) is 18.2 Å².